The molecule has 3 nitrogen and oxygen atoms in total. The maximum atomic E-state index is 12.0. The van der Waals surface area contributed by atoms with Crippen LogP contribution in [-0.2, 0) is 24.2 Å². The largest absolute Gasteiger partial charge is 0.351 e. The van der Waals surface area contributed by atoms with Crippen molar-refractivity contribution in [1.82, 2.24) is 10.6 Å². The molecule has 0 radical (unpaired) electrons. The van der Waals surface area contributed by atoms with Crippen molar-refractivity contribution in [3.8, 4) is 0 Å². The fraction of sp³-hybridized carbons (Fsp3) is 0.643. The van der Waals surface area contributed by atoms with Gasteiger partial charge in [-0.2, -0.15) is 0 Å². The first kappa shape index (κ1) is 12.2. The van der Waals surface area contributed by atoms with Crippen molar-refractivity contribution >= 4 is 17.2 Å². The molecule has 1 fully saturated rings. The molecule has 1 aliphatic heterocycles. The van der Waals surface area contributed by atoms with Crippen molar-refractivity contribution in [3.63, 3.8) is 0 Å². The van der Waals surface area contributed by atoms with E-state index in [1.54, 1.807) is 0 Å². The highest BCUT2D eigenvalue weighted by molar-refractivity contribution is 7.12. The topological polar surface area (TPSA) is 41.1 Å². The summed E-state index contributed by atoms with van der Waals surface area (Å²) in [7, 11) is 0. The van der Waals surface area contributed by atoms with Gasteiger partial charge in [0.2, 0.25) is 5.91 Å². The van der Waals surface area contributed by atoms with E-state index in [9.17, 15) is 4.79 Å². The summed E-state index contributed by atoms with van der Waals surface area (Å²) in [5.41, 5.74) is 1.51. The molecule has 2 heterocycles. The molecular formula is C14H20N2OS. The molecular weight excluding hydrogens is 244 g/mol. The number of thiophene rings is 1. The Kier molecular flexibility index (Phi) is 3.39. The van der Waals surface area contributed by atoms with Crippen molar-refractivity contribution in [3.05, 3.63) is 21.4 Å². The summed E-state index contributed by atoms with van der Waals surface area (Å²) in [6.07, 6.45) is 3.77. The van der Waals surface area contributed by atoms with Gasteiger partial charge in [0, 0.05) is 15.7 Å². The second kappa shape index (κ2) is 5.02. The summed E-state index contributed by atoms with van der Waals surface area (Å²) in [5.74, 6) is 0.867. The minimum atomic E-state index is 0.137. The van der Waals surface area contributed by atoms with Crippen LogP contribution in [0.3, 0.4) is 0 Å². The number of amides is 1. The Morgan fingerprint density at radius 3 is 3.06 bits per heavy atom. The van der Waals surface area contributed by atoms with E-state index in [1.165, 1.54) is 34.6 Å². The number of fused-ring (bicyclic) bond motifs is 1. The molecule has 3 rings (SSSR count). The molecule has 98 valence electrons. The zero-order chi connectivity index (χ0) is 12.5. The highest BCUT2D eigenvalue weighted by Gasteiger charge is 2.28. The molecule has 0 spiro atoms. The van der Waals surface area contributed by atoms with Crippen molar-refractivity contribution in [1.29, 1.82) is 0 Å². The van der Waals surface area contributed by atoms with Crippen molar-refractivity contribution in [2.75, 3.05) is 13.1 Å². The van der Waals surface area contributed by atoms with Crippen LogP contribution in [0, 0.1) is 11.8 Å². The monoisotopic (exact) mass is 264 g/mol. The van der Waals surface area contributed by atoms with Crippen LogP contribution in [0.2, 0.25) is 0 Å². The summed E-state index contributed by atoms with van der Waals surface area (Å²) in [6, 6.07) is 2.28. The number of carbonyl (C=O) groups is 1. The Morgan fingerprint density at radius 2 is 2.39 bits per heavy atom. The van der Waals surface area contributed by atoms with Gasteiger partial charge in [-0.15, -0.1) is 11.3 Å². The van der Waals surface area contributed by atoms with Gasteiger partial charge in [-0.25, -0.2) is 0 Å². The lowest BCUT2D eigenvalue weighted by Crippen LogP contribution is -2.49. The van der Waals surface area contributed by atoms with Gasteiger partial charge in [0.1, 0.15) is 0 Å². The first-order valence-electron chi connectivity index (χ1n) is 6.83. The van der Waals surface area contributed by atoms with E-state index in [0.717, 1.165) is 13.1 Å². The Balaban J connectivity index is 1.52. The fourth-order valence-electron chi connectivity index (χ4n) is 2.69. The van der Waals surface area contributed by atoms with Gasteiger partial charge in [0.05, 0.1) is 6.54 Å². The predicted molar refractivity (Wildman–Crippen MR) is 73.7 cm³/mol. The molecule has 0 bridgehead atoms. The van der Waals surface area contributed by atoms with E-state index >= 15 is 0 Å². The fourth-order valence-corrected chi connectivity index (χ4v) is 3.89. The molecule has 1 aromatic rings. The standard InChI is InChI=1S/C14H20N2OS/c1-9(11-6-15-7-11)14(17)16-8-12-5-10-3-2-4-13(10)18-12/h5,9,11,15H,2-4,6-8H2,1H3,(H,16,17). The second-order valence-corrected chi connectivity index (χ2v) is 6.66. The van der Waals surface area contributed by atoms with Gasteiger partial charge in [0.25, 0.3) is 0 Å². The van der Waals surface area contributed by atoms with E-state index < -0.39 is 0 Å². The first-order valence-corrected chi connectivity index (χ1v) is 7.64. The Hall–Kier alpha value is -0.870. The Bertz CT molecular complexity index is 429. The molecule has 1 aromatic heterocycles. The summed E-state index contributed by atoms with van der Waals surface area (Å²) in [6.45, 7) is 4.72. The number of rotatable bonds is 4. The van der Waals surface area contributed by atoms with E-state index in [2.05, 4.69) is 16.7 Å². The number of hydrogen-bond acceptors (Lipinski definition) is 3. The molecule has 1 unspecified atom stereocenters. The molecule has 1 amide bonds. The maximum Gasteiger partial charge on any atom is 0.223 e. The number of carbonyl (C=O) groups excluding carboxylic acids is 1. The third-order valence-electron chi connectivity index (χ3n) is 4.17. The Labute approximate surface area is 112 Å². The molecule has 4 heteroatoms. The van der Waals surface area contributed by atoms with Gasteiger partial charge in [-0.1, -0.05) is 6.92 Å². The van der Waals surface area contributed by atoms with Gasteiger partial charge >= 0.3 is 0 Å². The third kappa shape index (κ3) is 2.31. The number of nitrogens with one attached hydrogen (secondary N) is 2. The summed E-state index contributed by atoms with van der Waals surface area (Å²) >= 11 is 1.88. The molecule has 18 heavy (non-hydrogen) atoms. The van der Waals surface area contributed by atoms with E-state index in [0.29, 0.717) is 12.5 Å². The van der Waals surface area contributed by atoms with E-state index in [1.807, 2.05) is 18.3 Å². The average molecular weight is 264 g/mol. The minimum Gasteiger partial charge on any atom is -0.351 e. The van der Waals surface area contributed by atoms with Gasteiger partial charge in [-0.3, -0.25) is 4.79 Å². The van der Waals surface area contributed by atoms with Crippen molar-refractivity contribution in [2.24, 2.45) is 11.8 Å². The van der Waals surface area contributed by atoms with Crippen LogP contribution in [0.5, 0.6) is 0 Å². The van der Waals surface area contributed by atoms with Gasteiger partial charge < -0.3 is 10.6 Å². The molecule has 1 aliphatic carbocycles. The van der Waals surface area contributed by atoms with Crippen LogP contribution in [0.15, 0.2) is 6.07 Å². The number of hydrogen-bond donors (Lipinski definition) is 2. The predicted octanol–water partition coefficient (Wildman–Crippen LogP) is 1.71. The zero-order valence-corrected chi connectivity index (χ0v) is 11.6. The van der Waals surface area contributed by atoms with Crippen LogP contribution in [0.1, 0.15) is 28.7 Å². The van der Waals surface area contributed by atoms with Crippen molar-refractivity contribution < 1.29 is 4.79 Å². The lowest BCUT2D eigenvalue weighted by Gasteiger charge is -2.31. The highest BCUT2D eigenvalue weighted by Crippen LogP contribution is 2.30. The van der Waals surface area contributed by atoms with Crippen LogP contribution < -0.4 is 10.6 Å². The van der Waals surface area contributed by atoms with E-state index in [-0.39, 0.29) is 11.8 Å². The summed E-state index contributed by atoms with van der Waals surface area (Å²) in [4.78, 5) is 14.8. The highest BCUT2D eigenvalue weighted by atomic mass is 32.1. The van der Waals surface area contributed by atoms with Crippen LogP contribution in [-0.4, -0.2) is 19.0 Å². The van der Waals surface area contributed by atoms with Crippen LogP contribution in [0.25, 0.3) is 0 Å². The SMILES string of the molecule is CC(C(=O)NCc1cc2c(s1)CCC2)C1CNC1. The lowest BCUT2D eigenvalue weighted by molar-refractivity contribution is -0.126. The summed E-state index contributed by atoms with van der Waals surface area (Å²) in [5, 5.41) is 6.30. The van der Waals surface area contributed by atoms with E-state index in [4.69, 9.17) is 0 Å². The quantitative estimate of drug-likeness (QED) is 0.869. The smallest absolute Gasteiger partial charge is 0.223 e. The third-order valence-corrected chi connectivity index (χ3v) is 5.41. The Morgan fingerprint density at radius 1 is 1.56 bits per heavy atom. The molecule has 2 N–H and O–H groups in total. The molecule has 2 aliphatic rings. The maximum absolute atomic E-state index is 12.0. The van der Waals surface area contributed by atoms with Crippen LogP contribution >= 0.6 is 11.3 Å². The van der Waals surface area contributed by atoms with Crippen molar-refractivity contribution in [2.45, 2.75) is 32.7 Å². The molecule has 1 saturated heterocycles. The lowest BCUT2D eigenvalue weighted by atomic mass is 9.88. The molecule has 1 atom stereocenters. The number of aryl methyl sites for hydroxylation is 2. The zero-order valence-electron chi connectivity index (χ0n) is 10.8. The summed E-state index contributed by atoms with van der Waals surface area (Å²) < 4.78 is 0. The van der Waals surface area contributed by atoms with Gasteiger partial charge in [-0.05, 0) is 49.9 Å². The normalized spacial score (nSPS) is 20.3. The van der Waals surface area contributed by atoms with Gasteiger partial charge in [0.15, 0.2) is 0 Å². The first-order chi connectivity index (χ1) is 8.74. The van der Waals surface area contributed by atoms with Crippen LogP contribution in [0.4, 0.5) is 0 Å². The molecule has 0 saturated carbocycles. The second-order valence-electron chi connectivity index (χ2n) is 5.44. The average Bonchev–Trinajstić information content (AvgIpc) is 2.83. The minimum absolute atomic E-state index is 0.137. The molecule has 0 aromatic carbocycles.